The van der Waals surface area contributed by atoms with E-state index in [1.807, 2.05) is 24.3 Å². The van der Waals surface area contributed by atoms with Crippen LogP contribution in [0.15, 0.2) is 41.1 Å². The molecule has 8 nitrogen and oxygen atoms in total. The van der Waals surface area contributed by atoms with E-state index in [0.717, 1.165) is 17.0 Å². The van der Waals surface area contributed by atoms with Crippen LogP contribution >= 0.6 is 0 Å². The average Bonchev–Trinajstić information content (AvgIpc) is 3.30. The highest BCUT2D eigenvalue weighted by Crippen LogP contribution is 2.42. The summed E-state index contributed by atoms with van der Waals surface area (Å²) in [6.07, 6.45) is 4.19. The minimum Gasteiger partial charge on any atom is -0.493 e. The van der Waals surface area contributed by atoms with E-state index in [-0.39, 0.29) is 11.7 Å². The fraction of sp³-hybridized carbons (Fsp3) is 0.318. The van der Waals surface area contributed by atoms with Crippen LogP contribution in [0.2, 0.25) is 0 Å². The summed E-state index contributed by atoms with van der Waals surface area (Å²) in [5, 5.41) is 3.13. The predicted molar refractivity (Wildman–Crippen MR) is 110 cm³/mol. The molecule has 1 aliphatic rings. The number of nitrogens with one attached hydrogen (secondary N) is 1. The van der Waals surface area contributed by atoms with Crippen molar-refractivity contribution in [1.82, 2.24) is 9.97 Å². The third kappa shape index (κ3) is 3.80. The fourth-order valence-electron chi connectivity index (χ4n) is 3.68. The molecule has 1 aromatic carbocycles. The van der Waals surface area contributed by atoms with Gasteiger partial charge >= 0.3 is 0 Å². The maximum absolute atomic E-state index is 12.8. The van der Waals surface area contributed by atoms with Crippen molar-refractivity contribution in [2.75, 3.05) is 26.6 Å². The van der Waals surface area contributed by atoms with Crippen LogP contribution in [0.25, 0.3) is 0 Å². The Morgan fingerprint density at radius 2 is 1.90 bits per heavy atom. The molecule has 0 bridgehead atoms. The number of hydrogen-bond donors (Lipinski definition) is 1. The van der Waals surface area contributed by atoms with E-state index in [2.05, 4.69) is 15.3 Å². The van der Waals surface area contributed by atoms with Crippen molar-refractivity contribution in [3.8, 4) is 17.2 Å². The Morgan fingerprint density at radius 3 is 2.53 bits per heavy atom. The summed E-state index contributed by atoms with van der Waals surface area (Å²) >= 11 is 0. The molecule has 1 aliphatic carbocycles. The smallest absolute Gasteiger partial charge is 0.223 e. The third-order valence-corrected chi connectivity index (χ3v) is 5.20. The highest BCUT2D eigenvalue weighted by Gasteiger charge is 2.29. The molecule has 0 saturated heterocycles. The maximum atomic E-state index is 12.8. The van der Waals surface area contributed by atoms with Crippen molar-refractivity contribution in [3.05, 3.63) is 59.3 Å². The molecule has 1 N–H and O–H groups in total. The molecule has 1 atom stereocenters. The van der Waals surface area contributed by atoms with E-state index in [9.17, 15) is 4.79 Å². The monoisotopic (exact) mass is 409 g/mol. The van der Waals surface area contributed by atoms with Gasteiger partial charge in [-0.3, -0.25) is 4.79 Å². The normalized spacial score (nSPS) is 15.4. The first kappa shape index (κ1) is 19.8. The number of nitrogens with zero attached hydrogens (tertiary/aromatic N) is 2. The van der Waals surface area contributed by atoms with Crippen LogP contribution in [0, 0.1) is 0 Å². The molecule has 0 saturated carbocycles. The lowest BCUT2D eigenvalue weighted by molar-refractivity contribution is 0.0962. The van der Waals surface area contributed by atoms with Gasteiger partial charge < -0.3 is 23.9 Å². The van der Waals surface area contributed by atoms with Crippen LogP contribution < -0.4 is 19.5 Å². The Labute approximate surface area is 174 Å². The Bertz CT molecular complexity index is 1020. The number of carbonyl (C=O) groups is 1. The average molecular weight is 409 g/mol. The zero-order valence-electron chi connectivity index (χ0n) is 17.1. The minimum atomic E-state index is -0.0495. The molecule has 8 heteroatoms. The van der Waals surface area contributed by atoms with Gasteiger partial charge in [0.25, 0.3) is 0 Å². The van der Waals surface area contributed by atoms with Gasteiger partial charge in [-0.1, -0.05) is 0 Å². The van der Waals surface area contributed by atoms with E-state index in [0.29, 0.717) is 48.1 Å². The SMILES string of the molecule is COc1cc([C@H]2CC(=O)c3cnc(NCc4ccco4)nc3C2)cc(OC)c1OC. The number of anilines is 1. The highest BCUT2D eigenvalue weighted by atomic mass is 16.5. The molecule has 0 amide bonds. The van der Waals surface area contributed by atoms with Crippen LogP contribution in [0.4, 0.5) is 5.95 Å². The molecule has 30 heavy (non-hydrogen) atoms. The number of ketones is 1. The van der Waals surface area contributed by atoms with Gasteiger partial charge in [0.05, 0.1) is 45.4 Å². The van der Waals surface area contributed by atoms with Crippen molar-refractivity contribution >= 4 is 11.7 Å². The summed E-state index contributed by atoms with van der Waals surface area (Å²) in [5.41, 5.74) is 2.23. The van der Waals surface area contributed by atoms with E-state index in [4.69, 9.17) is 18.6 Å². The van der Waals surface area contributed by atoms with Gasteiger partial charge in [-0.25, -0.2) is 9.97 Å². The first-order valence-corrected chi connectivity index (χ1v) is 9.58. The second-order valence-corrected chi connectivity index (χ2v) is 6.97. The Hall–Kier alpha value is -3.55. The summed E-state index contributed by atoms with van der Waals surface area (Å²) in [6, 6.07) is 7.48. The number of rotatable bonds is 7. The predicted octanol–water partition coefficient (Wildman–Crippen LogP) is 3.62. The first-order chi connectivity index (χ1) is 14.6. The van der Waals surface area contributed by atoms with Gasteiger partial charge in [-0.05, 0) is 42.2 Å². The van der Waals surface area contributed by atoms with Crippen LogP contribution in [-0.2, 0) is 13.0 Å². The van der Waals surface area contributed by atoms with Crippen molar-refractivity contribution in [1.29, 1.82) is 0 Å². The summed E-state index contributed by atoms with van der Waals surface area (Å²) in [4.78, 5) is 21.6. The van der Waals surface area contributed by atoms with Gasteiger partial charge in [0.1, 0.15) is 5.76 Å². The third-order valence-electron chi connectivity index (χ3n) is 5.20. The van der Waals surface area contributed by atoms with Crippen molar-refractivity contribution in [3.63, 3.8) is 0 Å². The zero-order valence-corrected chi connectivity index (χ0v) is 17.1. The van der Waals surface area contributed by atoms with E-state index in [1.54, 1.807) is 33.8 Å². The second-order valence-electron chi connectivity index (χ2n) is 6.97. The van der Waals surface area contributed by atoms with Gasteiger partial charge in [-0.15, -0.1) is 0 Å². The number of aromatic nitrogens is 2. The Kier molecular flexibility index (Phi) is 5.56. The van der Waals surface area contributed by atoms with Gasteiger partial charge in [-0.2, -0.15) is 0 Å². The van der Waals surface area contributed by atoms with Crippen LogP contribution in [0.3, 0.4) is 0 Å². The molecule has 156 valence electrons. The molecule has 0 aliphatic heterocycles. The molecule has 3 aromatic rings. The van der Waals surface area contributed by atoms with Gasteiger partial charge in [0.2, 0.25) is 11.7 Å². The second kappa shape index (κ2) is 8.44. The molecule has 2 heterocycles. The lowest BCUT2D eigenvalue weighted by Crippen LogP contribution is -2.21. The van der Waals surface area contributed by atoms with Crippen molar-refractivity contribution in [2.45, 2.75) is 25.3 Å². The summed E-state index contributed by atoms with van der Waals surface area (Å²) < 4.78 is 21.6. The Balaban J connectivity index is 1.60. The van der Waals surface area contributed by atoms with E-state index in [1.165, 1.54) is 0 Å². The van der Waals surface area contributed by atoms with Crippen molar-refractivity contribution in [2.24, 2.45) is 0 Å². The molecule has 0 fully saturated rings. The highest BCUT2D eigenvalue weighted by molar-refractivity contribution is 5.98. The lowest BCUT2D eigenvalue weighted by atomic mass is 9.82. The quantitative estimate of drug-likeness (QED) is 0.632. The fourth-order valence-corrected chi connectivity index (χ4v) is 3.68. The number of Topliss-reactive ketones (excluding diaryl/α,β-unsaturated/α-hetero) is 1. The van der Waals surface area contributed by atoms with Gasteiger partial charge in [0.15, 0.2) is 17.3 Å². The summed E-state index contributed by atoms with van der Waals surface area (Å²) in [5.74, 6) is 2.87. The zero-order chi connectivity index (χ0) is 21.1. The van der Waals surface area contributed by atoms with E-state index >= 15 is 0 Å². The summed E-state index contributed by atoms with van der Waals surface area (Å²) in [6.45, 7) is 0.468. The molecule has 0 radical (unpaired) electrons. The first-order valence-electron chi connectivity index (χ1n) is 9.58. The Morgan fingerprint density at radius 1 is 1.13 bits per heavy atom. The number of carbonyl (C=O) groups excluding carboxylic acids is 1. The minimum absolute atomic E-state index is 0.0209. The number of hydrogen-bond acceptors (Lipinski definition) is 8. The molecule has 2 aromatic heterocycles. The number of methoxy groups -OCH3 is 3. The molecular formula is C22H23N3O5. The topological polar surface area (TPSA) is 95.7 Å². The molecular weight excluding hydrogens is 386 g/mol. The summed E-state index contributed by atoms with van der Waals surface area (Å²) in [7, 11) is 4.72. The largest absolute Gasteiger partial charge is 0.493 e. The van der Waals surface area contributed by atoms with Crippen LogP contribution in [0.5, 0.6) is 17.2 Å². The number of ether oxygens (including phenoxy) is 3. The van der Waals surface area contributed by atoms with Crippen LogP contribution in [0.1, 0.15) is 39.7 Å². The van der Waals surface area contributed by atoms with E-state index < -0.39 is 0 Å². The standard InChI is InChI=1S/C22H23N3O5/c1-27-19-9-14(10-20(28-2)21(19)29-3)13-7-17-16(18(26)8-13)12-24-22(25-17)23-11-15-5-4-6-30-15/h4-6,9-10,12-13H,7-8,11H2,1-3H3,(H,23,24,25)/t13-/m1/s1. The van der Waals surface area contributed by atoms with Crippen molar-refractivity contribution < 1.29 is 23.4 Å². The van der Waals surface area contributed by atoms with Crippen LogP contribution in [-0.4, -0.2) is 37.1 Å². The molecule has 0 spiro atoms. The molecule has 0 unspecified atom stereocenters. The molecule has 4 rings (SSSR count). The maximum Gasteiger partial charge on any atom is 0.223 e. The number of furan rings is 1. The van der Waals surface area contributed by atoms with Gasteiger partial charge in [0, 0.05) is 12.6 Å². The lowest BCUT2D eigenvalue weighted by Gasteiger charge is -2.24. The number of benzene rings is 1. The number of fused-ring (bicyclic) bond motifs is 1.